The molecule has 1 aliphatic rings. The van der Waals surface area contributed by atoms with Crippen LogP contribution in [-0.4, -0.2) is 38.0 Å². The van der Waals surface area contributed by atoms with E-state index < -0.39 is 6.04 Å². The quantitative estimate of drug-likeness (QED) is 0.853. The largest absolute Gasteiger partial charge is 0.378 e. The van der Waals surface area contributed by atoms with E-state index >= 15 is 0 Å². The smallest absolute Gasteiger partial charge is 0.322 e. The van der Waals surface area contributed by atoms with Gasteiger partial charge < -0.3 is 20.4 Å². The molecule has 3 amide bonds. The lowest BCUT2D eigenvalue weighted by Gasteiger charge is -2.34. The summed E-state index contributed by atoms with van der Waals surface area (Å²) < 4.78 is 0. The van der Waals surface area contributed by atoms with E-state index in [4.69, 9.17) is 0 Å². The number of nitrogens with zero attached hydrogens (tertiary/aromatic N) is 2. The molecule has 1 unspecified atom stereocenters. The molecular weight excluding hydrogens is 352 g/mol. The van der Waals surface area contributed by atoms with Crippen molar-refractivity contribution in [3.05, 3.63) is 70.9 Å². The summed E-state index contributed by atoms with van der Waals surface area (Å²) in [6.07, 6.45) is 0. The molecule has 6 heteroatoms. The fraction of sp³-hybridized carbons (Fsp3) is 0.273. The molecule has 0 aliphatic carbocycles. The van der Waals surface area contributed by atoms with Crippen molar-refractivity contribution in [1.29, 1.82) is 0 Å². The third-order valence-electron chi connectivity index (χ3n) is 5.13. The molecule has 0 fully saturated rings. The van der Waals surface area contributed by atoms with Crippen LogP contribution in [0.4, 0.5) is 16.2 Å². The SMILES string of the molecule is CC1=C(C(=O)Nc2ccccc2C)C(c2ccc(N(C)C)cc2)NC(=O)N1C. The van der Waals surface area contributed by atoms with Crippen LogP contribution in [0.5, 0.6) is 0 Å². The minimum absolute atomic E-state index is 0.222. The molecule has 0 bridgehead atoms. The minimum Gasteiger partial charge on any atom is -0.378 e. The van der Waals surface area contributed by atoms with Gasteiger partial charge in [-0.15, -0.1) is 0 Å². The Morgan fingerprint density at radius 3 is 2.32 bits per heavy atom. The number of hydrogen-bond acceptors (Lipinski definition) is 3. The van der Waals surface area contributed by atoms with Gasteiger partial charge in [0, 0.05) is 38.2 Å². The van der Waals surface area contributed by atoms with E-state index in [1.54, 1.807) is 14.0 Å². The zero-order valence-corrected chi connectivity index (χ0v) is 16.9. The maximum absolute atomic E-state index is 13.2. The molecule has 2 N–H and O–H groups in total. The summed E-state index contributed by atoms with van der Waals surface area (Å²) in [5, 5.41) is 5.94. The fourth-order valence-electron chi connectivity index (χ4n) is 3.25. The monoisotopic (exact) mass is 378 g/mol. The summed E-state index contributed by atoms with van der Waals surface area (Å²) in [7, 11) is 5.60. The molecule has 6 nitrogen and oxygen atoms in total. The number of hydrogen-bond donors (Lipinski definition) is 2. The minimum atomic E-state index is -0.510. The molecule has 2 aromatic rings. The van der Waals surface area contributed by atoms with E-state index in [2.05, 4.69) is 10.6 Å². The van der Waals surface area contributed by atoms with E-state index in [1.165, 1.54) is 4.90 Å². The summed E-state index contributed by atoms with van der Waals surface area (Å²) in [5.74, 6) is -0.222. The van der Waals surface area contributed by atoms with Crippen molar-refractivity contribution >= 4 is 23.3 Å². The van der Waals surface area contributed by atoms with Gasteiger partial charge in [-0.3, -0.25) is 4.79 Å². The number of benzene rings is 2. The summed E-state index contributed by atoms with van der Waals surface area (Å²) in [5.41, 5.74) is 4.82. The van der Waals surface area contributed by atoms with Gasteiger partial charge in [-0.2, -0.15) is 0 Å². The van der Waals surface area contributed by atoms with Crippen LogP contribution in [0.2, 0.25) is 0 Å². The first-order valence-corrected chi connectivity index (χ1v) is 9.19. The fourth-order valence-corrected chi connectivity index (χ4v) is 3.25. The van der Waals surface area contributed by atoms with E-state index in [0.717, 1.165) is 22.5 Å². The van der Waals surface area contributed by atoms with Crippen LogP contribution in [0.1, 0.15) is 24.1 Å². The van der Waals surface area contributed by atoms with E-state index in [0.29, 0.717) is 11.3 Å². The van der Waals surface area contributed by atoms with Gasteiger partial charge in [0.05, 0.1) is 11.6 Å². The van der Waals surface area contributed by atoms with Gasteiger partial charge in [0.15, 0.2) is 0 Å². The number of allylic oxidation sites excluding steroid dienone is 1. The van der Waals surface area contributed by atoms with Gasteiger partial charge in [0.25, 0.3) is 5.91 Å². The van der Waals surface area contributed by atoms with Gasteiger partial charge >= 0.3 is 6.03 Å². The average Bonchev–Trinajstić information content (AvgIpc) is 2.67. The molecule has 146 valence electrons. The Hall–Kier alpha value is -3.28. The molecule has 0 saturated heterocycles. The highest BCUT2D eigenvalue weighted by atomic mass is 16.2. The second kappa shape index (κ2) is 7.76. The Kier molecular flexibility index (Phi) is 5.40. The Bertz CT molecular complexity index is 932. The van der Waals surface area contributed by atoms with Crippen LogP contribution in [0.3, 0.4) is 0 Å². The molecule has 28 heavy (non-hydrogen) atoms. The lowest BCUT2D eigenvalue weighted by atomic mass is 9.94. The highest BCUT2D eigenvalue weighted by Gasteiger charge is 2.34. The number of aryl methyl sites for hydroxylation is 1. The maximum Gasteiger partial charge on any atom is 0.322 e. The van der Waals surface area contributed by atoms with Crippen LogP contribution in [0, 0.1) is 6.92 Å². The number of para-hydroxylation sites is 1. The number of carbonyl (C=O) groups is 2. The lowest BCUT2D eigenvalue weighted by molar-refractivity contribution is -0.113. The van der Waals surface area contributed by atoms with Crippen molar-refractivity contribution in [2.45, 2.75) is 19.9 Å². The number of urea groups is 1. The molecule has 3 rings (SSSR count). The molecule has 0 spiro atoms. The molecule has 0 radical (unpaired) electrons. The van der Waals surface area contributed by atoms with E-state index in [1.807, 2.05) is 74.4 Å². The number of nitrogens with one attached hydrogen (secondary N) is 2. The standard InChI is InChI=1S/C22H26N4O2/c1-14-8-6-7-9-18(14)23-21(27)19-15(2)26(5)22(28)24-20(19)16-10-12-17(13-11-16)25(3)4/h6-13,20H,1-5H3,(H,23,27)(H,24,28). The molecule has 1 atom stereocenters. The van der Waals surface area contributed by atoms with Crippen LogP contribution in [-0.2, 0) is 4.79 Å². The topological polar surface area (TPSA) is 64.7 Å². The van der Waals surface area contributed by atoms with E-state index in [-0.39, 0.29) is 11.9 Å². The van der Waals surface area contributed by atoms with Gasteiger partial charge in [0.1, 0.15) is 0 Å². The first kappa shape index (κ1) is 19.5. The summed E-state index contributed by atoms with van der Waals surface area (Å²) in [6, 6.07) is 14.7. The third kappa shape index (κ3) is 3.71. The van der Waals surface area contributed by atoms with E-state index in [9.17, 15) is 9.59 Å². The Morgan fingerprint density at radius 2 is 1.71 bits per heavy atom. The van der Waals surface area contributed by atoms with Crippen molar-refractivity contribution in [2.24, 2.45) is 0 Å². The van der Waals surface area contributed by atoms with Crippen molar-refractivity contribution in [3.8, 4) is 0 Å². The maximum atomic E-state index is 13.2. The Labute approximate surface area is 165 Å². The highest BCUT2D eigenvalue weighted by Crippen LogP contribution is 2.31. The van der Waals surface area contributed by atoms with Crippen LogP contribution < -0.4 is 15.5 Å². The first-order valence-electron chi connectivity index (χ1n) is 9.19. The first-order chi connectivity index (χ1) is 13.3. The normalized spacial score (nSPS) is 16.7. The molecule has 0 saturated carbocycles. The van der Waals surface area contributed by atoms with Gasteiger partial charge in [-0.25, -0.2) is 4.79 Å². The number of rotatable bonds is 4. The number of amides is 3. The second-order valence-corrected chi connectivity index (χ2v) is 7.20. The van der Waals surface area contributed by atoms with Crippen LogP contribution >= 0.6 is 0 Å². The molecular formula is C22H26N4O2. The summed E-state index contributed by atoms with van der Waals surface area (Å²) >= 11 is 0. The molecule has 1 heterocycles. The van der Waals surface area contributed by atoms with Gasteiger partial charge in [-0.05, 0) is 43.2 Å². The predicted molar refractivity (Wildman–Crippen MR) is 112 cm³/mol. The Balaban J connectivity index is 1.99. The Morgan fingerprint density at radius 1 is 1.07 bits per heavy atom. The average molecular weight is 378 g/mol. The van der Waals surface area contributed by atoms with Crippen LogP contribution in [0.15, 0.2) is 59.8 Å². The number of anilines is 2. The van der Waals surface area contributed by atoms with Crippen molar-refractivity contribution in [2.75, 3.05) is 31.4 Å². The molecule has 2 aromatic carbocycles. The zero-order valence-electron chi connectivity index (χ0n) is 16.9. The van der Waals surface area contributed by atoms with Crippen molar-refractivity contribution < 1.29 is 9.59 Å². The van der Waals surface area contributed by atoms with Crippen molar-refractivity contribution in [3.63, 3.8) is 0 Å². The second-order valence-electron chi connectivity index (χ2n) is 7.20. The lowest BCUT2D eigenvalue weighted by Crippen LogP contribution is -2.46. The third-order valence-corrected chi connectivity index (χ3v) is 5.13. The highest BCUT2D eigenvalue weighted by molar-refractivity contribution is 6.07. The van der Waals surface area contributed by atoms with Crippen molar-refractivity contribution in [1.82, 2.24) is 10.2 Å². The molecule has 0 aromatic heterocycles. The number of carbonyl (C=O) groups excluding carboxylic acids is 2. The predicted octanol–water partition coefficient (Wildman–Crippen LogP) is 3.67. The zero-order chi connectivity index (χ0) is 20.4. The van der Waals surface area contributed by atoms with Gasteiger partial charge in [0.2, 0.25) is 0 Å². The summed E-state index contributed by atoms with van der Waals surface area (Å²) in [4.78, 5) is 29.0. The van der Waals surface area contributed by atoms with Gasteiger partial charge in [-0.1, -0.05) is 30.3 Å². The summed E-state index contributed by atoms with van der Waals surface area (Å²) in [6.45, 7) is 3.75. The molecule has 1 aliphatic heterocycles. The van der Waals surface area contributed by atoms with Crippen LogP contribution in [0.25, 0.3) is 0 Å².